The number of aliphatic imine (C=N–C) groups is 1. The van der Waals surface area contributed by atoms with Gasteiger partial charge in [0.25, 0.3) is 0 Å². The molecule has 22 heavy (non-hydrogen) atoms. The van der Waals surface area contributed by atoms with Gasteiger partial charge in [0.05, 0.1) is 6.54 Å². The summed E-state index contributed by atoms with van der Waals surface area (Å²) in [5, 5.41) is 3.02. The molecule has 2 rings (SSSR count). The lowest BCUT2D eigenvalue weighted by molar-refractivity contribution is 0.726. The minimum Gasteiger partial charge on any atom is -0.370 e. The Morgan fingerprint density at radius 3 is 2.64 bits per heavy atom. The molecule has 0 atom stereocenters. The monoisotopic (exact) mass is 301 g/mol. The van der Waals surface area contributed by atoms with Crippen molar-refractivity contribution in [2.75, 3.05) is 24.5 Å². The number of hydrogen-bond acceptors (Lipinski definition) is 3. The van der Waals surface area contributed by atoms with Gasteiger partial charge in [-0.25, -0.2) is 9.98 Å². The zero-order chi connectivity index (χ0) is 15.8. The predicted octanol–water partition coefficient (Wildman–Crippen LogP) is 2.44. The number of rotatable bonds is 5. The third-order valence-corrected chi connectivity index (χ3v) is 3.74. The van der Waals surface area contributed by atoms with Crippen LogP contribution < -0.4 is 16.0 Å². The van der Waals surface area contributed by atoms with Crippen molar-refractivity contribution in [1.82, 2.24) is 10.3 Å². The van der Waals surface area contributed by atoms with E-state index in [2.05, 4.69) is 38.9 Å². The molecule has 0 unspecified atom stereocenters. The highest BCUT2D eigenvalue weighted by Gasteiger charge is 2.10. The molecule has 120 valence electrons. The van der Waals surface area contributed by atoms with Crippen molar-refractivity contribution < 1.29 is 0 Å². The zero-order valence-electron chi connectivity index (χ0n) is 13.5. The molecule has 0 amide bonds. The summed E-state index contributed by atoms with van der Waals surface area (Å²) in [7, 11) is 0. The number of aromatic nitrogens is 1. The van der Waals surface area contributed by atoms with Gasteiger partial charge in [-0.05, 0) is 31.4 Å². The summed E-state index contributed by atoms with van der Waals surface area (Å²) in [4.78, 5) is 11.3. The van der Waals surface area contributed by atoms with E-state index in [1.807, 2.05) is 13.1 Å². The standard InChI is InChI=1S/C17H27N5/c1-14(2)11-20-17(18)21-13-15-7-8-16(19-12-15)22-9-5-3-4-6-10-22/h7-8,12H,1,3-6,9-11,13H2,2H3,(H3,18,20,21). The van der Waals surface area contributed by atoms with Gasteiger partial charge in [0, 0.05) is 25.8 Å². The van der Waals surface area contributed by atoms with Crippen molar-refractivity contribution in [2.24, 2.45) is 10.7 Å². The Morgan fingerprint density at radius 1 is 1.32 bits per heavy atom. The fourth-order valence-electron chi connectivity index (χ4n) is 2.47. The van der Waals surface area contributed by atoms with Crippen LogP contribution >= 0.6 is 0 Å². The molecule has 0 saturated carbocycles. The molecule has 3 N–H and O–H groups in total. The van der Waals surface area contributed by atoms with Gasteiger partial charge in [-0.2, -0.15) is 0 Å². The molecule has 5 nitrogen and oxygen atoms in total. The van der Waals surface area contributed by atoms with Crippen LogP contribution in [0.15, 0.2) is 35.5 Å². The van der Waals surface area contributed by atoms with Gasteiger partial charge >= 0.3 is 0 Å². The van der Waals surface area contributed by atoms with Crippen molar-refractivity contribution in [3.05, 3.63) is 36.0 Å². The molecule has 1 aliphatic rings. The summed E-state index contributed by atoms with van der Waals surface area (Å²) >= 11 is 0. The average Bonchev–Trinajstić information content (AvgIpc) is 2.80. The summed E-state index contributed by atoms with van der Waals surface area (Å²) in [5.74, 6) is 1.52. The van der Waals surface area contributed by atoms with Gasteiger partial charge in [-0.3, -0.25) is 0 Å². The second-order valence-corrected chi connectivity index (χ2v) is 5.94. The molecule has 1 aromatic heterocycles. The van der Waals surface area contributed by atoms with Crippen LogP contribution in [0.5, 0.6) is 0 Å². The fourth-order valence-corrected chi connectivity index (χ4v) is 2.47. The third-order valence-electron chi connectivity index (χ3n) is 3.74. The second kappa shape index (κ2) is 8.41. The lowest BCUT2D eigenvalue weighted by Gasteiger charge is -2.21. The van der Waals surface area contributed by atoms with Gasteiger partial charge in [0.1, 0.15) is 5.82 Å². The Kier molecular flexibility index (Phi) is 6.25. The molecule has 5 heteroatoms. The number of hydrogen-bond donors (Lipinski definition) is 2. The molecule has 0 aliphatic carbocycles. The molecular weight excluding hydrogens is 274 g/mol. The number of anilines is 1. The van der Waals surface area contributed by atoms with Crippen LogP contribution in [0, 0.1) is 0 Å². The molecule has 1 fully saturated rings. The summed E-state index contributed by atoms with van der Waals surface area (Å²) in [6, 6.07) is 4.18. The Morgan fingerprint density at radius 2 is 2.05 bits per heavy atom. The lowest BCUT2D eigenvalue weighted by Crippen LogP contribution is -2.32. The van der Waals surface area contributed by atoms with E-state index in [1.165, 1.54) is 25.7 Å². The number of nitrogens with zero attached hydrogens (tertiary/aromatic N) is 3. The Labute approximate surface area is 133 Å². The summed E-state index contributed by atoms with van der Waals surface area (Å²) in [5.41, 5.74) is 7.90. The number of nitrogens with two attached hydrogens (primary N) is 1. The van der Waals surface area contributed by atoms with Crippen LogP contribution in [0.3, 0.4) is 0 Å². The van der Waals surface area contributed by atoms with Crippen molar-refractivity contribution in [3.8, 4) is 0 Å². The van der Waals surface area contributed by atoms with Gasteiger partial charge in [0.15, 0.2) is 5.96 Å². The van der Waals surface area contributed by atoms with E-state index in [4.69, 9.17) is 5.73 Å². The highest BCUT2D eigenvalue weighted by atomic mass is 15.2. The molecule has 1 aliphatic heterocycles. The molecule has 0 radical (unpaired) electrons. The molecule has 2 heterocycles. The summed E-state index contributed by atoms with van der Waals surface area (Å²) in [6.45, 7) is 9.19. The maximum absolute atomic E-state index is 5.80. The third kappa shape index (κ3) is 5.39. The van der Waals surface area contributed by atoms with Gasteiger partial charge in [0.2, 0.25) is 0 Å². The van der Waals surface area contributed by atoms with E-state index >= 15 is 0 Å². The second-order valence-electron chi connectivity index (χ2n) is 5.94. The van der Waals surface area contributed by atoms with Gasteiger partial charge < -0.3 is 16.0 Å². The van der Waals surface area contributed by atoms with Crippen LogP contribution in [0.1, 0.15) is 38.2 Å². The SMILES string of the molecule is C=C(C)CNC(N)=NCc1ccc(N2CCCCCC2)nc1. The van der Waals surface area contributed by atoms with Crippen LogP contribution in [-0.2, 0) is 6.54 Å². The highest BCUT2D eigenvalue weighted by molar-refractivity contribution is 5.78. The Hall–Kier alpha value is -2.04. The first-order valence-corrected chi connectivity index (χ1v) is 8.03. The minimum atomic E-state index is 0.444. The normalized spacial score (nSPS) is 16.2. The van der Waals surface area contributed by atoms with E-state index in [0.29, 0.717) is 19.0 Å². The number of guanidine groups is 1. The molecule has 0 bridgehead atoms. The molecule has 0 aromatic carbocycles. The Bertz CT molecular complexity index is 498. The Balaban J connectivity index is 1.88. The van der Waals surface area contributed by atoms with Crippen molar-refractivity contribution in [1.29, 1.82) is 0 Å². The van der Waals surface area contributed by atoms with Crippen LogP contribution in [0.25, 0.3) is 0 Å². The first kappa shape index (κ1) is 16.3. The maximum Gasteiger partial charge on any atom is 0.189 e. The molecule has 1 saturated heterocycles. The van der Waals surface area contributed by atoms with Gasteiger partial charge in [-0.1, -0.05) is 31.1 Å². The van der Waals surface area contributed by atoms with Crippen LogP contribution in [-0.4, -0.2) is 30.6 Å². The molecular formula is C17H27N5. The zero-order valence-corrected chi connectivity index (χ0v) is 13.5. The minimum absolute atomic E-state index is 0.444. The van der Waals surface area contributed by atoms with Crippen molar-refractivity contribution >= 4 is 11.8 Å². The number of nitrogens with one attached hydrogen (secondary N) is 1. The molecule has 1 aromatic rings. The highest BCUT2D eigenvalue weighted by Crippen LogP contribution is 2.17. The van der Waals surface area contributed by atoms with E-state index in [-0.39, 0.29) is 0 Å². The summed E-state index contributed by atoms with van der Waals surface area (Å²) in [6.07, 6.45) is 7.09. The van der Waals surface area contributed by atoms with Crippen LogP contribution in [0.2, 0.25) is 0 Å². The maximum atomic E-state index is 5.80. The topological polar surface area (TPSA) is 66.5 Å². The quantitative estimate of drug-likeness (QED) is 0.498. The first-order chi connectivity index (χ1) is 10.6. The van der Waals surface area contributed by atoms with Gasteiger partial charge in [-0.15, -0.1) is 0 Å². The molecule has 0 spiro atoms. The van der Waals surface area contributed by atoms with E-state index in [0.717, 1.165) is 30.0 Å². The predicted molar refractivity (Wildman–Crippen MR) is 93.1 cm³/mol. The lowest BCUT2D eigenvalue weighted by atomic mass is 10.2. The van der Waals surface area contributed by atoms with Crippen molar-refractivity contribution in [3.63, 3.8) is 0 Å². The van der Waals surface area contributed by atoms with Crippen LogP contribution in [0.4, 0.5) is 5.82 Å². The average molecular weight is 301 g/mol. The van der Waals surface area contributed by atoms with E-state index in [9.17, 15) is 0 Å². The van der Waals surface area contributed by atoms with E-state index in [1.54, 1.807) is 0 Å². The van der Waals surface area contributed by atoms with Crippen molar-refractivity contribution in [2.45, 2.75) is 39.2 Å². The largest absolute Gasteiger partial charge is 0.370 e. The fraction of sp³-hybridized carbons (Fsp3) is 0.529. The number of pyridine rings is 1. The van der Waals surface area contributed by atoms with E-state index < -0.39 is 0 Å². The smallest absolute Gasteiger partial charge is 0.189 e. The first-order valence-electron chi connectivity index (χ1n) is 8.03. The summed E-state index contributed by atoms with van der Waals surface area (Å²) < 4.78 is 0.